The van der Waals surface area contributed by atoms with Crippen LogP contribution in [-0.2, 0) is 14.4 Å². The molecule has 1 fully saturated rings. The SMILES string of the molecule is O=C(O)CCC[C@H](O)C[C@H](O)[C@H]1CCC(=O)[C@@H]1CCCC(=O)O. The molecule has 7 nitrogen and oxygen atoms in total. The summed E-state index contributed by atoms with van der Waals surface area (Å²) in [5.74, 6) is -2.35. The van der Waals surface area contributed by atoms with Crippen molar-refractivity contribution in [2.24, 2.45) is 11.8 Å². The van der Waals surface area contributed by atoms with Gasteiger partial charge in [0.15, 0.2) is 0 Å². The molecular weight excluding hydrogens is 304 g/mol. The predicted octanol–water partition coefficient (Wildman–Crippen LogP) is 1.20. The minimum Gasteiger partial charge on any atom is -0.481 e. The lowest BCUT2D eigenvalue weighted by atomic mass is 9.84. The van der Waals surface area contributed by atoms with Crippen molar-refractivity contribution in [2.45, 2.75) is 70.0 Å². The normalized spacial score (nSPS) is 23.7. The van der Waals surface area contributed by atoms with Crippen molar-refractivity contribution in [1.29, 1.82) is 0 Å². The zero-order valence-electron chi connectivity index (χ0n) is 13.2. The van der Waals surface area contributed by atoms with Gasteiger partial charge in [-0.3, -0.25) is 14.4 Å². The highest BCUT2D eigenvalue weighted by Gasteiger charge is 2.38. The van der Waals surface area contributed by atoms with Crippen molar-refractivity contribution in [3.8, 4) is 0 Å². The third kappa shape index (κ3) is 7.09. The number of ketones is 1. The van der Waals surface area contributed by atoms with Gasteiger partial charge >= 0.3 is 11.9 Å². The Labute approximate surface area is 135 Å². The molecule has 0 radical (unpaired) electrons. The van der Waals surface area contributed by atoms with E-state index in [1.165, 1.54) is 0 Å². The monoisotopic (exact) mass is 330 g/mol. The minimum atomic E-state index is -0.919. The number of carboxylic acid groups (broad SMARTS) is 2. The Kier molecular flexibility index (Phi) is 8.19. The van der Waals surface area contributed by atoms with Crippen molar-refractivity contribution in [2.75, 3.05) is 0 Å². The third-order valence-electron chi connectivity index (χ3n) is 4.50. The summed E-state index contributed by atoms with van der Waals surface area (Å²) in [5, 5.41) is 37.4. The minimum absolute atomic E-state index is 0.00437. The number of hydrogen-bond donors (Lipinski definition) is 4. The lowest BCUT2D eigenvalue weighted by molar-refractivity contribution is -0.138. The fraction of sp³-hybridized carbons (Fsp3) is 0.812. The van der Waals surface area contributed by atoms with Crippen molar-refractivity contribution in [3.05, 3.63) is 0 Å². The van der Waals surface area contributed by atoms with Crippen LogP contribution in [0.3, 0.4) is 0 Å². The Morgan fingerprint density at radius 1 is 1.09 bits per heavy atom. The summed E-state index contributed by atoms with van der Waals surface area (Å²) < 4.78 is 0. The summed E-state index contributed by atoms with van der Waals surface area (Å²) in [4.78, 5) is 32.9. The molecule has 0 amide bonds. The molecular formula is C16H26O7. The van der Waals surface area contributed by atoms with Gasteiger partial charge in [-0.15, -0.1) is 0 Å². The van der Waals surface area contributed by atoms with E-state index in [4.69, 9.17) is 10.2 Å². The molecule has 132 valence electrons. The summed E-state index contributed by atoms with van der Waals surface area (Å²) in [7, 11) is 0. The molecule has 4 atom stereocenters. The van der Waals surface area contributed by atoms with E-state index in [2.05, 4.69) is 0 Å². The van der Waals surface area contributed by atoms with Gasteiger partial charge in [0.25, 0.3) is 0 Å². The Morgan fingerprint density at radius 2 is 1.70 bits per heavy atom. The van der Waals surface area contributed by atoms with Gasteiger partial charge in [0.2, 0.25) is 0 Å². The molecule has 7 heteroatoms. The molecule has 0 aromatic rings. The average molecular weight is 330 g/mol. The Bertz CT molecular complexity index is 421. The first-order valence-electron chi connectivity index (χ1n) is 8.13. The molecule has 0 aromatic heterocycles. The smallest absolute Gasteiger partial charge is 0.303 e. The van der Waals surface area contributed by atoms with Crippen LogP contribution in [-0.4, -0.2) is 50.4 Å². The van der Waals surface area contributed by atoms with Gasteiger partial charge in [0.1, 0.15) is 5.78 Å². The summed E-state index contributed by atoms with van der Waals surface area (Å²) in [6.45, 7) is 0. The highest BCUT2D eigenvalue weighted by Crippen LogP contribution is 2.36. The standard InChI is InChI=1S/C16H26O7/c17-10(3-1-5-15(20)21)9-14(19)12-7-8-13(18)11(12)4-2-6-16(22)23/h10-12,14,17,19H,1-9H2,(H,20,21)(H,22,23)/t10-,11+,12-,14-/m0/s1. The van der Waals surface area contributed by atoms with Crippen molar-refractivity contribution in [1.82, 2.24) is 0 Å². The van der Waals surface area contributed by atoms with Gasteiger partial charge in [-0.05, 0) is 44.4 Å². The summed E-state index contributed by atoms with van der Waals surface area (Å²) >= 11 is 0. The lowest BCUT2D eigenvalue weighted by Gasteiger charge is -2.25. The van der Waals surface area contributed by atoms with Crippen molar-refractivity contribution < 1.29 is 34.8 Å². The van der Waals surface area contributed by atoms with Crippen molar-refractivity contribution in [3.63, 3.8) is 0 Å². The zero-order valence-corrected chi connectivity index (χ0v) is 13.2. The highest BCUT2D eigenvalue weighted by molar-refractivity contribution is 5.83. The number of aliphatic hydroxyl groups excluding tert-OH is 2. The topological polar surface area (TPSA) is 132 Å². The highest BCUT2D eigenvalue weighted by atomic mass is 16.4. The van der Waals surface area contributed by atoms with E-state index in [9.17, 15) is 24.6 Å². The maximum atomic E-state index is 11.9. The molecule has 0 bridgehead atoms. The van der Waals surface area contributed by atoms with E-state index >= 15 is 0 Å². The van der Waals surface area contributed by atoms with E-state index in [1.54, 1.807) is 0 Å². The second kappa shape index (κ2) is 9.62. The zero-order chi connectivity index (χ0) is 17.4. The lowest BCUT2D eigenvalue weighted by Crippen LogP contribution is -2.30. The van der Waals surface area contributed by atoms with E-state index in [0.717, 1.165) is 0 Å². The van der Waals surface area contributed by atoms with Crippen LogP contribution in [0.5, 0.6) is 0 Å². The number of aliphatic carboxylic acids is 2. The maximum Gasteiger partial charge on any atom is 0.303 e. The molecule has 4 N–H and O–H groups in total. The molecule has 0 heterocycles. The molecule has 1 saturated carbocycles. The van der Waals surface area contributed by atoms with Crippen LogP contribution in [0.1, 0.15) is 57.8 Å². The number of carboxylic acids is 2. The van der Waals surface area contributed by atoms with Crippen LogP contribution in [0.2, 0.25) is 0 Å². The molecule has 23 heavy (non-hydrogen) atoms. The van der Waals surface area contributed by atoms with Crippen LogP contribution < -0.4 is 0 Å². The fourth-order valence-corrected chi connectivity index (χ4v) is 3.30. The fourth-order valence-electron chi connectivity index (χ4n) is 3.30. The van der Waals surface area contributed by atoms with Crippen LogP contribution in [0.15, 0.2) is 0 Å². The van der Waals surface area contributed by atoms with E-state index in [0.29, 0.717) is 38.5 Å². The number of carbonyl (C=O) groups excluding carboxylic acids is 1. The summed E-state index contributed by atoms with van der Waals surface area (Å²) in [6.07, 6.45) is 0.912. The quantitative estimate of drug-likeness (QED) is 0.447. The summed E-state index contributed by atoms with van der Waals surface area (Å²) in [6, 6.07) is 0. The molecule has 0 aromatic carbocycles. The van der Waals surface area contributed by atoms with E-state index in [-0.39, 0.29) is 36.9 Å². The van der Waals surface area contributed by atoms with Crippen molar-refractivity contribution >= 4 is 17.7 Å². The Morgan fingerprint density at radius 3 is 2.30 bits per heavy atom. The Hall–Kier alpha value is -1.47. The van der Waals surface area contributed by atoms with Gasteiger partial charge in [-0.1, -0.05) is 0 Å². The molecule has 0 spiro atoms. The van der Waals surface area contributed by atoms with Crippen LogP contribution >= 0.6 is 0 Å². The Balaban J connectivity index is 2.42. The van der Waals surface area contributed by atoms with Gasteiger partial charge in [-0.25, -0.2) is 0 Å². The first-order chi connectivity index (χ1) is 10.8. The number of rotatable bonds is 11. The van der Waals surface area contributed by atoms with E-state index < -0.39 is 24.1 Å². The molecule has 1 aliphatic rings. The molecule has 0 unspecified atom stereocenters. The van der Waals surface area contributed by atoms with Gasteiger partial charge in [-0.2, -0.15) is 0 Å². The average Bonchev–Trinajstić information content (AvgIpc) is 2.79. The second-order valence-electron chi connectivity index (χ2n) is 6.30. The second-order valence-corrected chi connectivity index (χ2v) is 6.30. The molecule has 0 saturated heterocycles. The third-order valence-corrected chi connectivity index (χ3v) is 4.50. The number of hydrogen-bond acceptors (Lipinski definition) is 5. The van der Waals surface area contributed by atoms with Gasteiger partial charge in [0, 0.05) is 25.2 Å². The summed E-state index contributed by atoms with van der Waals surface area (Å²) in [5.41, 5.74) is 0. The van der Waals surface area contributed by atoms with E-state index in [1.807, 2.05) is 0 Å². The number of Topliss-reactive ketones (excluding diaryl/α,β-unsaturated/α-hetero) is 1. The van der Waals surface area contributed by atoms with Crippen LogP contribution in [0.25, 0.3) is 0 Å². The maximum absolute atomic E-state index is 11.9. The van der Waals surface area contributed by atoms with Gasteiger partial charge < -0.3 is 20.4 Å². The molecule has 1 aliphatic carbocycles. The number of carbonyl (C=O) groups is 3. The first-order valence-corrected chi connectivity index (χ1v) is 8.13. The number of aliphatic hydroxyl groups is 2. The first kappa shape index (κ1) is 19.6. The molecule has 0 aliphatic heterocycles. The largest absolute Gasteiger partial charge is 0.481 e. The predicted molar refractivity (Wildman–Crippen MR) is 80.8 cm³/mol. The van der Waals surface area contributed by atoms with Gasteiger partial charge in [0.05, 0.1) is 12.2 Å². The molecule has 1 rings (SSSR count). The van der Waals surface area contributed by atoms with Crippen LogP contribution in [0.4, 0.5) is 0 Å². The van der Waals surface area contributed by atoms with Crippen LogP contribution in [0, 0.1) is 11.8 Å².